The predicted molar refractivity (Wildman–Crippen MR) is 276 cm³/mol. The summed E-state index contributed by atoms with van der Waals surface area (Å²) >= 11 is 0. The number of hydrogen-bond donors (Lipinski definition) is 10. The van der Waals surface area contributed by atoms with Gasteiger partial charge in [0.1, 0.15) is 17.5 Å². The first kappa shape index (κ1) is 45.7. The molecular weight excluding hydrogens is 831 g/mol. The molecule has 67 heavy (non-hydrogen) atoms. The molecule has 0 saturated carbocycles. The molecule has 19 N–H and O–H groups in total. The van der Waals surface area contributed by atoms with Crippen LogP contribution >= 0.6 is 0 Å². The van der Waals surface area contributed by atoms with Crippen molar-refractivity contribution in [1.82, 2.24) is 11.6 Å². The van der Waals surface area contributed by atoms with Gasteiger partial charge in [-0.05, 0) is 77.9 Å². The number of nitrogens with zero attached hydrogens (tertiary/aromatic N) is 3. The number of nitrogens with one attached hydrogen (secondary N) is 2. The molecule has 13 nitrogen and oxygen atoms in total. The van der Waals surface area contributed by atoms with Gasteiger partial charge in [0, 0.05) is 22.3 Å². The van der Waals surface area contributed by atoms with Gasteiger partial charge in [0.15, 0.2) is 5.84 Å². The Morgan fingerprint density at radius 1 is 0.313 bits per heavy atom. The highest BCUT2D eigenvalue weighted by Gasteiger charge is 2.18. The zero-order valence-corrected chi connectivity index (χ0v) is 36.6. The fraction of sp³-hybridized carbons (Fsp3) is 0. The number of nitrogen functional groups attached to an aromatic ring is 1. The van der Waals surface area contributed by atoms with Gasteiger partial charge < -0.3 is 46.3 Å². The first-order valence-electron chi connectivity index (χ1n) is 20.9. The van der Waals surface area contributed by atoms with E-state index in [1.807, 2.05) is 97.1 Å². The third kappa shape index (κ3) is 9.93. The van der Waals surface area contributed by atoms with E-state index in [4.69, 9.17) is 46.0 Å². The molecular formula is C54H51N13. The lowest BCUT2D eigenvalue weighted by Gasteiger charge is -2.20. The van der Waals surface area contributed by atoms with Crippen LogP contribution in [0.15, 0.2) is 209 Å². The van der Waals surface area contributed by atoms with E-state index < -0.39 is 0 Å². The lowest BCUT2D eigenvalue weighted by Crippen LogP contribution is -2.31. The van der Waals surface area contributed by atoms with Crippen LogP contribution in [0.4, 0.5) is 0 Å². The van der Waals surface area contributed by atoms with Crippen LogP contribution in [-0.2, 0) is 0 Å². The van der Waals surface area contributed by atoms with Crippen molar-refractivity contribution < 1.29 is 0 Å². The molecule has 332 valence electrons. The SMILES string of the molecule is N.N=C(N)c1ccc(-c2ccc(C(=C(c3ccc(-c4ccc(/C(N)=N/N)cc4)cc3)c3ccc(-c4ccc(/C(N)=N/N)cc4)cc3)c3ccc(-c4ccc(/C(=N/N)NN)cc4)cc3)cc2)cc1. The molecule has 0 aliphatic carbocycles. The maximum Gasteiger partial charge on any atom is 0.166 e. The fourth-order valence-corrected chi connectivity index (χ4v) is 7.90. The second-order valence-electron chi connectivity index (χ2n) is 15.4. The van der Waals surface area contributed by atoms with Crippen molar-refractivity contribution in [3.8, 4) is 44.5 Å². The monoisotopic (exact) mass is 881 g/mol. The van der Waals surface area contributed by atoms with E-state index in [0.717, 1.165) is 94.6 Å². The van der Waals surface area contributed by atoms with Crippen LogP contribution in [0.3, 0.4) is 0 Å². The lowest BCUT2D eigenvalue weighted by atomic mass is 9.84. The van der Waals surface area contributed by atoms with Crippen molar-refractivity contribution in [2.24, 2.45) is 55.9 Å². The second-order valence-corrected chi connectivity index (χ2v) is 15.4. The number of rotatable bonds is 12. The highest BCUT2D eigenvalue weighted by molar-refractivity contribution is 6.06. The average Bonchev–Trinajstić information content (AvgIpc) is 3.38. The molecule has 0 aliphatic heterocycles. The van der Waals surface area contributed by atoms with Gasteiger partial charge in [0.2, 0.25) is 0 Å². The number of benzene rings is 8. The molecule has 0 aliphatic rings. The number of hydrazine groups is 1. The van der Waals surface area contributed by atoms with Gasteiger partial charge in [-0.2, -0.15) is 15.3 Å². The summed E-state index contributed by atoms with van der Waals surface area (Å²) < 4.78 is 0. The summed E-state index contributed by atoms with van der Waals surface area (Å²) in [5.41, 5.74) is 37.6. The Hall–Kier alpha value is -9.30. The molecule has 0 amide bonds. The Morgan fingerprint density at radius 2 is 0.522 bits per heavy atom. The van der Waals surface area contributed by atoms with Gasteiger partial charge in [0.25, 0.3) is 0 Å². The van der Waals surface area contributed by atoms with Crippen LogP contribution in [-0.4, -0.2) is 23.3 Å². The first-order valence-corrected chi connectivity index (χ1v) is 20.9. The largest absolute Gasteiger partial charge is 0.384 e. The number of hydrogen-bond acceptors (Lipinski definition) is 9. The molecule has 0 atom stereocenters. The highest BCUT2D eigenvalue weighted by Crippen LogP contribution is 2.40. The van der Waals surface area contributed by atoms with Crippen LogP contribution < -0.4 is 52.1 Å². The van der Waals surface area contributed by atoms with Gasteiger partial charge in [-0.25, -0.2) is 5.84 Å². The molecule has 0 heterocycles. The van der Waals surface area contributed by atoms with Crippen LogP contribution in [0.5, 0.6) is 0 Å². The number of nitrogens with two attached hydrogens (primary N) is 7. The predicted octanol–water partition coefficient (Wildman–Crippen LogP) is 8.05. The van der Waals surface area contributed by atoms with Crippen molar-refractivity contribution in [2.45, 2.75) is 0 Å². The van der Waals surface area contributed by atoms with Crippen molar-refractivity contribution in [1.29, 1.82) is 5.41 Å². The van der Waals surface area contributed by atoms with Crippen molar-refractivity contribution in [3.05, 3.63) is 239 Å². The van der Waals surface area contributed by atoms with E-state index >= 15 is 0 Å². The Kier molecular flexibility index (Phi) is 14.0. The molecule has 8 aromatic rings. The topological polar surface area (TPSA) is 290 Å². The maximum absolute atomic E-state index is 7.85. The Labute approximate surface area is 389 Å². The second kappa shape index (κ2) is 20.5. The van der Waals surface area contributed by atoms with E-state index in [1.165, 1.54) is 0 Å². The minimum atomic E-state index is 0. The summed E-state index contributed by atoms with van der Waals surface area (Å²) in [7, 11) is 0. The first-order chi connectivity index (χ1) is 32.2. The molecule has 0 spiro atoms. The van der Waals surface area contributed by atoms with Crippen LogP contribution in [0.25, 0.3) is 55.7 Å². The highest BCUT2D eigenvalue weighted by atomic mass is 15.3. The minimum absolute atomic E-state index is 0. The molecule has 0 saturated heterocycles. The summed E-state index contributed by atoms with van der Waals surface area (Å²) in [4.78, 5) is 0. The minimum Gasteiger partial charge on any atom is -0.384 e. The summed E-state index contributed by atoms with van der Waals surface area (Å²) in [6.45, 7) is 0. The fourth-order valence-electron chi connectivity index (χ4n) is 7.90. The molecule has 0 fully saturated rings. The normalized spacial score (nSPS) is 11.6. The Morgan fingerprint density at radius 3 is 0.716 bits per heavy atom. The van der Waals surface area contributed by atoms with E-state index in [2.05, 4.69) is 118 Å². The van der Waals surface area contributed by atoms with Gasteiger partial charge >= 0.3 is 0 Å². The molecule has 0 aromatic heterocycles. The number of hydrazone groups is 3. The summed E-state index contributed by atoms with van der Waals surface area (Å²) in [5.74, 6) is 23.0. The average molecular weight is 882 g/mol. The Balaban J connectivity index is 0.00000666. The van der Waals surface area contributed by atoms with E-state index in [0.29, 0.717) is 11.4 Å². The zero-order valence-electron chi connectivity index (χ0n) is 36.6. The number of amidine groups is 4. The Bertz CT molecular complexity index is 2990. The molecule has 0 radical (unpaired) electrons. The van der Waals surface area contributed by atoms with Crippen LogP contribution in [0.1, 0.15) is 44.5 Å². The molecule has 8 aromatic carbocycles. The third-order valence-corrected chi connectivity index (χ3v) is 11.5. The molecule has 8 rings (SSSR count). The van der Waals surface area contributed by atoms with Crippen molar-refractivity contribution >= 4 is 34.5 Å². The van der Waals surface area contributed by atoms with Gasteiger partial charge in [-0.1, -0.05) is 194 Å². The van der Waals surface area contributed by atoms with E-state index in [9.17, 15) is 0 Å². The molecule has 13 heteroatoms. The van der Waals surface area contributed by atoms with Gasteiger partial charge in [-0.3, -0.25) is 5.41 Å². The standard InChI is InChI=1S/C54H48N12.H3N/c55-51(56)45-25-9-37(10-26-45)33-1-17-41(18-2-33)49(44-23-7-36(8-24-44)40-15-31-48(32-16-40)54(65-61)66-62)50(42-19-3-34(4-20-42)38-11-27-46(28-12-38)52(57)63-59)43-21-5-35(6-22-43)39-13-29-47(30-14-39)53(58)64-60;/h1-32H,59-62H2,(H3,55,56)(H2,57,63)(H2,58,64)(H,65,66);1H3. The van der Waals surface area contributed by atoms with Crippen molar-refractivity contribution in [2.75, 3.05) is 0 Å². The van der Waals surface area contributed by atoms with Crippen LogP contribution in [0.2, 0.25) is 0 Å². The van der Waals surface area contributed by atoms with Crippen LogP contribution in [0, 0.1) is 5.41 Å². The summed E-state index contributed by atoms with van der Waals surface area (Å²) in [6, 6.07) is 65.7. The molecule has 0 unspecified atom stereocenters. The smallest absolute Gasteiger partial charge is 0.166 e. The molecule has 0 bridgehead atoms. The maximum atomic E-state index is 7.85. The van der Waals surface area contributed by atoms with Gasteiger partial charge in [-0.15, -0.1) is 0 Å². The lowest BCUT2D eigenvalue weighted by molar-refractivity contribution is 1.00. The van der Waals surface area contributed by atoms with Crippen molar-refractivity contribution in [3.63, 3.8) is 0 Å². The van der Waals surface area contributed by atoms with E-state index in [-0.39, 0.29) is 23.7 Å². The summed E-state index contributed by atoms with van der Waals surface area (Å²) in [5, 5.41) is 18.9. The third-order valence-electron chi connectivity index (χ3n) is 11.5. The van der Waals surface area contributed by atoms with E-state index in [1.54, 1.807) is 0 Å². The quantitative estimate of drug-likeness (QED) is 0.0186. The summed E-state index contributed by atoms with van der Waals surface area (Å²) in [6.07, 6.45) is 0. The zero-order chi connectivity index (χ0) is 46.2. The van der Waals surface area contributed by atoms with Gasteiger partial charge in [0.05, 0.1) is 0 Å².